The second-order valence-corrected chi connectivity index (χ2v) is 14.4. The predicted octanol–water partition coefficient (Wildman–Crippen LogP) is 4.95. The number of nitrogens with zero attached hydrogens (tertiary/aromatic N) is 1. The third-order valence-electron chi connectivity index (χ3n) is 6.59. The number of fused-ring (bicyclic) bond motifs is 1. The van der Waals surface area contributed by atoms with Gasteiger partial charge in [-0.15, -0.1) is 0 Å². The van der Waals surface area contributed by atoms with Crippen molar-refractivity contribution in [3.8, 4) is 5.75 Å². The number of rotatable bonds is 8. The van der Waals surface area contributed by atoms with Gasteiger partial charge in [-0.3, -0.25) is 4.79 Å². The van der Waals surface area contributed by atoms with Gasteiger partial charge in [0.1, 0.15) is 5.75 Å². The quantitative estimate of drug-likeness (QED) is 0.589. The van der Waals surface area contributed by atoms with Gasteiger partial charge in [-0.2, -0.15) is 0 Å². The molecule has 2 aromatic carbocycles. The van der Waals surface area contributed by atoms with Crippen LogP contribution in [0.1, 0.15) is 54.0 Å². The molecular formula is C25H35NO4Si. The topological polar surface area (TPSA) is 59.0 Å². The van der Waals surface area contributed by atoms with E-state index in [1.54, 1.807) is 7.11 Å². The fourth-order valence-electron chi connectivity index (χ4n) is 3.75. The van der Waals surface area contributed by atoms with Crippen LogP contribution in [0, 0.1) is 0 Å². The lowest BCUT2D eigenvalue weighted by Gasteiger charge is -2.40. The van der Waals surface area contributed by atoms with E-state index in [9.17, 15) is 9.90 Å². The van der Waals surface area contributed by atoms with Crippen LogP contribution in [0.2, 0.25) is 18.1 Å². The van der Waals surface area contributed by atoms with E-state index in [1.165, 1.54) is 5.56 Å². The molecule has 0 saturated heterocycles. The molecule has 168 valence electrons. The number of carbonyl (C=O) groups excluding carboxylic acids is 1. The number of aliphatic hydroxyl groups is 1. The van der Waals surface area contributed by atoms with E-state index in [4.69, 9.17) is 9.16 Å². The van der Waals surface area contributed by atoms with Crippen LogP contribution in [0.3, 0.4) is 0 Å². The van der Waals surface area contributed by atoms with Crippen LogP contribution in [0.15, 0.2) is 42.5 Å². The number of ether oxygens (including phenoxy) is 1. The van der Waals surface area contributed by atoms with Crippen molar-refractivity contribution in [1.29, 1.82) is 0 Å². The molecule has 2 aromatic rings. The summed E-state index contributed by atoms with van der Waals surface area (Å²) in [4.78, 5) is 15.5. The van der Waals surface area contributed by atoms with E-state index < -0.39 is 14.5 Å². The van der Waals surface area contributed by atoms with Crippen molar-refractivity contribution in [2.24, 2.45) is 0 Å². The number of aliphatic hydroxyl groups excluding tert-OH is 1. The first kappa shape index (κ1) is 23.5. The number of carbonyl (C=O) groups is 1. The molecule has 0 aromatic heterocycles. The Morgan fingerprint density at radius 2 is 1.74 bits per heavy atom. The number of methoxy groups -OCH3 is 1. The molecule has 31 heavy (non-hydrogen) atoms. The average molecular weight is 442 g/mol. The molecule has 1 unspecified atom stereocenters. The van der Waals surface area contributed by atoms with Gasteiger partial charge in [0.15, 0.2) is 14.5 Å². The lowest BCUT2D eigenvalue weighted by molar-refractivity contribution is 0.0239. The van der Waals surface area contributed by atoms with Gasteiger partial charge in [0.2, 0.25) is 0 Å². The Hall–Kier alpha value is -2.15. The van der Waals surface area contributed by atoms with Gasteiger partial charge in [-0.25, -0.2) is 0 Å². The van der Waals surface area contributed by atoms with Gasteiger partial charge in [0.05, 0.1) is 18.2 Å². The highest BCUT2D eigenvalue weighted by atomic mass is 28.4. The van der Waals surface area contributed by atoms with E-state index in [2.05, 4.69) is 46.0 Å². The average Bonchev–Trinajstić information content (AvgIpc) is 2.98. The molecule has 1 heterocycles. The van der Waals surface area contributed by atoms with Crippen LogP contribution in [0.5, 0.6) is 5.75 Å². The standard InChI is InChI=1S/C25H35NO4Si/c1-25(2,3)31(5,6)30-24-22-20(29-4)13-12-19(15-17-27)21(22)23(28)26(24)16-14-18-10-8-7-9-11-18/h7-13,24,27H,14-17H2,1-6H3. The highest BCUT2D eigenvalue weighted by molar-refractivity contribution is 6.74. The third kappa shape index (κ3) is 4.71. The normalized spacial score (nSPS) is 16.5. The van der Waals surface area contributed by atoms with E-state index >= 15 is 0 Å². The first-order valence-electron chi connectivity index (χ1n) is 10.9. The summed E-state index contributed by atoms with van der Waals surface area (Å²) in [5.74, 6) is 0.618. The summed E-state index contributed by atoms with van der Waals surface area (Å²) >= 11 is 0. The molecule has 0 fully saturated rings. The molecule has 6 heteroatoms. The van der Waals surface area contributed by atoms with Gasteiger partial charge in [-0.1, -0.05) is 57.2 Å². The number of hydrogen-bond donors (Lipinski definition) is 1. The molecule has 1 amide bonds. The van der Waals surface area contributed by atoms with Gasteiger partial charge in [0, 0.05) is 13.2 Å². The van der Waals surface area contributed by atoms with Crippen LogP contribution in [0.25, 0.3) is 0 Å². The van der Waals surface area contributed by atoms with Gasteiger partial charge < -0.3 is 19.2 Å². The minimum atomic E-state index is -2.19. The van der Waals surface area contributed by atoms with E-state index in [0.717, 1.165) is 17.5 Å². The Bertz CT molecular complexity index is 921. The molecule has 5 nitrogen and oxygen atoms in total. The zero-order chi connectivity index (χ0) is 22.8. The van der Waals surface area contributed by atoms with Crippen molar-refractivity contribution in [2.45, 2.75) is 58.0 Å². The van der Waals surface area contributed by atoms with Gasteiger partial charge >= 0.3 is 0 Å². The molecule has 0 radical (unpaired) electrons. The van der Waals surface area contributed by atoms with Crippen molar-refractivity contribution in [3.63, 3.8) is 0 Å². The molecule has 3 rings (SSSR count). The first-order chi connectivity index (χ1) is 14.6. The lowest BCUT2D eigenvalue weighted by atomic mass is 9.99. The van der Waals surface area contributed by atoms with Crippen LogP contribution in [-0.2, 0) is 17.3 Å². The summed E-state index contributed by atoms with van der Waals surface area (Å²) in [5, 5.41) is 9.56. The van der Waals surface area contributed by atoms with Crippen molar-refractivity contribution < 1.29 is 19.1 Å². The number of amides is 1. The Morgan fingerprint density at radius 3 is 2.32 bits per heavy atom. The zero-order valence-corrected chi connectivity index (χ0v) is 20.6. The number of hydrogen-bond acceptors (Lipinski definition) is 4. The van der Waals surface area contributed by atoms with Crippen LogP contribution in [0.4, 0.5) is 0 Å². The second-order valence-electron chi connectivity index (χ2n) is 9.65. The molecule has 1 N–H and O–H groups in total. The summed E-state index contributed by atoms with van der Waals surface area (Å²) in [5.41, 5.74) is 3.45. The maximum Gasteiger partial charge on any atom is 0.257 e. The minimum absolute atomic E-state index is 0.000154. The maximum absolute atomic E-state index is 13.7. The highest BCUT2D eigenvalue weighted by Gasteiger charge is 2.47. The summed E-state index contributed by atoms with van der Waals surface area (Å²) in [6.07, 6.45) is 0.688. The molecule has 1 aliphatic rings. The Kier molecular flexibility index (Phi) is 6.94. The monoisotopic (exact) mass is 441 g/mol. The second kappa shape index (κ2) is 9.15. The van der Waals surface area contributed by atoms with Crippen LogP contribution >= 0.6 is 0 Å². The number of benzene rings is 2. The fourth-order valence-corrected chi connectivity index (χ4v) is 4.90. The molecule has 0 spiro atoms. The largest absolute Gasteiger partial charge is 0.496 e. The predicted molar refractivity (Wildman–Crippen MR) is 126 cm³/mol. The molecule has 0 aliphatic carbocycles. The van der Waals surface area contributed by atoms with Gasteiger partial charge in [0.25, 0.3) is 5.91 Å². The molecule has 0 bridgehead atoms. The Labute approximate surface area is 187 Å². The smallest absolute Gasteiger partial charge is 0.257 e. The molecular weight excluding hydrogens is 406 g/mol. The van der Waals surface area contributed by atoms with Crippen molar-refractivity contribution in [2.75, 3.05) is 20.3 Å². The van der Waals surface area contributed by atoms with E-state index in [1.807, 2.05) is 35.2 Å². The van der Waals surface area contributed by atoms with Crippen molar-refractivity contribution >= 4 is 14.2 Å². The third-order valence-corrected chi connectivity index (χ3v) is 11.0. The maximum atomic E-state index is 13.7. The van der Waals surface area contributed by atoms with E-state index in [0.29, 0.717) is 24.3 Å². The zero-order valence-electron chi connectivity index (χ0n) is 19.6. The summed E-state index contributed by atoms with van der Waals surface area (Å²) in [6.45, 7) is 11.5. The summed E-state index contributed by atoms with van der Waals surface area (Å²) < 4.78 is 12.5. The van der Waals surface area contributed by atoms with Crippen molar-refractivity contribution in [3.05, 3.63) is 64.7 Å². The Morgan fingerprint density at radius 1 is 1.06 bits per heavy atom. The lowest BCUT2D eigenvalue weighted by Crippen LogP contribution is -2.45. The van der Waals surface area contributed by atoms with Gasteiger partial charge in [-0.05, 0) is 48.2 Å². The minimum Gasteiger partial charge on any atom is -0.496 e. The fraction of sp³-hybridized carbons (Fsp3) is 0.480. The molecule has 1 aliphatic heterocycles. The first-order valence-corrected chi connectivity index (χ1v) is 13.8. The van der Waals surface area contributed by atoms with Crippen molar-refractivity contribution in [1.82, 2.24) is 4.90 Å². The van der Waals surface area contributed by atoms with Crippen LogP contribution < -0.4 is 4.74 Å². The Balaban J connectivity index is 2.05. The summed E-state index contributed by atoms with van der Waals surface area (Å²) in [7, 11) is -0.562. The summed E-state index contributed by atoms with van der Waals surface area (Å²) in [6, 6.07) is 14.0. The SMILES string of the molecule is COc1ccc(CCO)c2c1C(O[Si](C)(C)C(C)(C)C)N(CCc1ccccc1)C2=O. The van der Waals surface area contributed by atoms with E-state index in [-0.39, 0.29) is 17.6 Å². The molecule has 1 atom stereocenters. The molecule has 0 saturated carbocycles. The highest BCUT2D eigenvalue weighted by Crippen LogP contribution is 2.47. The van der Waals surface area contributed by atoms with Crippen LogP contribution in [-0.4, -0.2) is 44.5 Å².